The van der Waals surface area contributed by atoms with E-state index in [9.17, 15) is 9.90 Å². The van der Waals surface area contributed by atoms with E-state index in [1.165, 1.54) is 0 Å². The van der Waals surface area contributed by atoms with Crippen molar-refractivity contribution in [3.63, 3.8) is 0 Å². The van der Waals surface area contributed by atoms with Crippen LogP contribution in [0.4, 0.5) is 4.79 Å². The molecule has 0 unspecified atom stereocenters. The molecule has 154 valence electrons. The predicted octanol–water partition coefficient (Wildman–Crippen LogP) is 3.72. The van der Waals surface area contributed by atoms with Gasteiger partial charge in [0.05, 0.1) is 12.1 Å². The molecule has 3 atom stereocenters. The van der Waals surface area contributed by atoms with Crippen molar-refractivity contribution in [3.05, 3.63) is 71.8 Å². The Balaban J connectivity index is 1.61. The zero-order valence-corrected chi connectivity index (χ0v) is 17.6. The van der Waals surface area contributed by atoms with Crippen molar-refractivity contribution in [1.29, 1.82) is 0 Å². The van der Waals surface area contributed by atoms with Crippen molar-refractivity contribution < 1.29 is 14.6 Å². The summed E-state index contributed by atoms with van der Waals surface area (Å²) in [4.78, 5) is 16.3. The van der Waals surface area contributed by atoms with Gasteiger partial charge in [-0.15, -0.1) is 11.8 Å². The van der Waals surface area contributed by atoms with Crippen LogP contribution in [0.2, 0.25) is 0 Å². The van der Waals surface area contributed by atoms with Crippen LogP contribution in [0.3, 0.4) is 0 Å². The first-order valence-electron chi connectivity index (χ1n) is 10.1. The van der Waals surface area contributed by atoms with Crippen LogP contribution in [-0.2, 0) is 17.8 Å². The normalized spacial score (nSPS) is 26.2. The minimum absolute atomic E-state index is 0.00367. The van der Waals surface area contributed by atoms with Crippen molar-refractivity contribution in [1.82, 2.24) is 9.80 Å². The number of ether oxygens (including phenoxy) is 1. The molecule has 4 rings (SSSR count). The SMILES string of the molecule is COCCC[C@@]1(O)SC[C@H]2[C@@H]1N(Cc1ccccc1)C(=O)N2Cc1ccccc1. The van der Waals surface area contributed by atoms with Gasteiger partial charge >= 0.3 is 6.03 Å². The number of carbonyl (C=O) groups is 1. The summed E-state index contributed by atoms with van der Waals surface area (Å²) < 4.78 is 5.19. The number of hydrogen-bond donors (Lipinski definition) is 1. The van der Waals surface area contributed by atoms with Crippen LogP contribution < -0.4 is 0 Å². The van der Waals surface area contributed by atoms with Gasteiger partial charge < -0.3 is 19.6 Å². The molecule has 2 aromatic rings. The Morgan fingerprint density at radius 1 is 1.03 bits per heavy atom. The van der Waals surface area contributed by atoms with Crippen LogP contribution in [0.5, 0.6) is 0 Å². The van der Waals surface area contributed by atoms with Crippen LogP contribution in [0.25, 0.3) is 0 Å². The van der Waals surface area contributed by atoms with Gasteiger partial charge in [0.1, 0.15) is 4.93 Å². The van der Waals surface area contributed by atoms with E-state index in [2.05, 4.69) is 12.1 Å². The number of carbonyl (C=O) groups excluding carboxylic acids is 1. The van der Waals surface area contributed by atoms with Gasteiger partial charge in [-0.1, -0.05) is 60.7 Å². The maximum absolute atomic E-state index is 13.5. The van der Waals surface area contributed by atoms with Crippen LogP contribution in [0, 0.1) is 0 Å². The number of fused-ring (bicyclic) bond motifs is 1. The summed E-state index contributed by atoms with van der Waals surface area (Å²) in [7, 11) is 1.68. The number of aliphatic hydroxyl groups is 1. The second-order valence-corrected chi connectivity index (χ2v) is 9.10. The highest BCUT2D eigenvalue weighted by atomic mass is 32.2. The summed E-state index contributed by atoms with van der Waals surface area (Å²) in [5.74, 6) is 0.748. The van der Waals surface area contributed by atoms with E-state index in [0.717, 1.165) is 23.3 Å². The second kappa shape index (κ2) is 8.78. The lowest BCUT2D eigenvalue weighted by Gasteiger charge is -2.34. The first kappa shape index (κ1) is 20.3. The maximum atomic E-state index is 13.5. The van der Waals surface area contributed by atoms with Crippen LogP contribution in [0.15, 0.2) is 60.7 Å². The molecule has 5 nitrogen and oxygen atoms in total. The highest BCUT2D eigenvalue weighted by Gasteiger charge is 2.59. The molecule has 0 saturated carbocycles. The van der Waals surface area contributed by atoms with Crippen molar-refractivity contribution in [2.24, 2.45) is 0 Å². The van der Waals surface area contributed by atoms with Crippen molar-refractivity contribution in [3.8, 4) is 0 Å². The Hall–Kier alpha value is -2.02. The van der Waals surface area contributed by atoms with E-state index >= 15 is 0 Å². The number of thioether (sulfide) groups is 1. The highest BCUT2D eigenvalue weighted by molar-refractivity contribution is 8.00. The summed E-state index contributed by atoms with van der Waals surface area (Å²) in [5, 5.41) is 11.5. The van der Waals surface area contributed by atoms with Gasteiger partial charge in [-0.25, -0.2) is 4.79 Å². The molecule has 2 amide bonds. The monoisotopic (exact) mass is 412 g/mol. The third-order valence-electron chi connectivity index (χ3n) is 5.83. The molecule has 6 heteroatoms. The van der Waals surface area contributed by atoms with Gasteiger partial charge in [-0.05, 0) is 24.0 Å². The Morgan fingerprint density at radius 2 is 1.62 bits per heavy atom. The first-order chi connectivity index (χ1) is 14.1. The summed E-state index contributed by atoms with van der Waals surface area (Å²) in [5.41, 5.74) is 2.19. The molecule has 1 N–H and O–H groups in total. The zero-order chi connectivity index (χ0) is 20.3. The smallest absolute Gasteiger partial charge is 0.321 e. The molecular weight excluding hydrogens is 384 g/mol. The summed E-state index contributed by atoms with van der Waals surface area (Å²) in [6.45, 7) is 1.70. The second-order valence-electron chi connectivity index (χ2n) is 7.77. The molecule has 0 bridgehead atoms. The molecule has 29 heavy (non-hydrogen) atoms. The standard InChI is InChI=1S/C23H28N2O3S/c1-28-14-8-13-23(27)21-20(17-29-23)24(15-18-9-4-2-5-10-18)22(26)25(21)16-19-11-6-3-7-12-19/h2-7,9-12,20-21,27H,8,13-17H2,1H3/t20-,21-,23+/m0/s1. The Morgan fingerprint density at radius 3 is 2.21 bits per heavy atom. The maximum Gasteiger partial charge on any atom is 0.321 e. The van der Waals surface area contributed by atoms with E-state index in [-0.39, 0.29) is 18.1 Å². The molecule has 2 aliphatic rings. The minimum Gasteiger partial charge on any atom is -0.385 e. The van der Waals surface area contributed by atoms with E-state index < -0.39 is 4.93 Å². The van der Waals surface area contributed by atoms with Gasteiger partial charge in [-0.2, -0.15) is 0 Å². The average molecular weight is 413 g/mol. The lowest BCUT2D eigenvalue weighted by atomic mass is 9.98. The van der Waals surface area contributed by atoms with Gasteiger partial charge in [0.15, 0.2) is 0 Å². The van der Waals surface area contributed by atoms with Gasteiger partial charge in [0.25, 0.3) is 0 Å². The number of amides is 2. The number of nitrogens with zero attached hydrogens (tertiary/aromatic N) is 2. The molecule has 0 aliphatic carbocycles. The van der Waals surface area contributed by atoms with Gasteiger partial charge in [0.2, 0.25) is 0 Å². The molecule has 2 aliphatic heterocycles. The number of hydrogen-bond acceptors (Lipinski definition) is 4. The van der Waals surface area contributed by atoms with Crippen LogP contribution in [-0.4, -0.2) is 57.4 Å². The highest BCUT2D eigenvalue weighted by Crippen LogP contribution is 2.48. The van der Waals surface area contributed by atoms with Crippen LogP contribution >= 0.6 is 11.8 Å². The fourth-order valence-electron chi connectivity index (χ4n) is 4.45. The molecule has 0 aromatic heterocycles. The third-order valence-corrected chi connectivity index (χ3v) is 7.29. The third kappa shape index (κ3) is 4.15. The number of rotatable bonds is 8. The quantitative estimate of drug-likeness (QED) is 0.530. The molecule has 2 heterocycles. The number of methoxy groups -OCH3 is 1. The molecule has 0 spiro atoms. The molecule has 2 aromatic carbocycles. The Labute approximate surface area is 176 Å². The largest absolute Gasteiger partial charge is 0.385 e. The van der Waals surface area contributed by atoms with Crippen molar-refractivity contribution >= 4 is 17.8 Å². The van der Waals surface area contributed by atoms with E-state index in [1.54, 1.807) is 18.9 Å². The van der Waals surface area contributed by atoms with E-state index in [1.807, 2.05) is 58.3 Å². The van der Waals surface area contributed by atoms with Gasteiger partial charge in [-0.3, -0.25) is 0 Å². The molecule has 2 fully saturated rings. The Bertz CT molecular complexity index is 819. The topological polar surface area (TPSA) is 53.0 Å². The summed E-state index contributed by atoms with van der Waals surface area (Å²) in [6.07, 6.45) is 1.39. The number of benzene rings is 2. The fourth-order valence-corrected chi connectivity index (χ4v) is 6.01. The number of urea groups is 1. The van der Waals surface area contributed by atoms with Crippen molar-refractivity contribution in [2.75, 3.05) is 19.5 Å². The van der Waals surface area contributed by atoms with E-state index in [4.69, 9.17) is 4.74 Å². The predicted molar refractivity (Wildman–Crippen MR) is 115 cm³/mol. The zero-order valence-electron chi connectivity index (χ0n) is 16.7. The van der Waals surface area contributed by atoms with Gasteiger partial charge in [0, 0.05) is 32.6 Å². The lowest BCUT2D eigenvalue weighted by molar-refractivity contribution is 0.0370. The van der Waals surface area contributed by atoms with Crippen molar-refractivity contribution in [2.45, 2.75) is 42.9 Å². The average Bonchev–Trinajstić information content (AvgIpc) is 3.21. The first-order valence-corrected chi connectivity index (χ1v) is 11.1. The lowest BCUT2D eigenvalue weighted by Crippen LogP contribution is -2.48. The van der Waals surface area contributed by atoms with Crippen LogP contribution in [0.1, 0.15) is 24.0 Å². The van der Waals surface area contributed by atoms with E-state index in [0.29, 0.717) is 26.1 Å². The molecule has 2 saturated heterocycles. The summed E-state index contributed by atoms with van der Waals surface area (Å²) >= 11 is 1.58. The minimum atomic E-state index is -0.945. The molecule has 0 radical (unpaired) electrons. The Kier molecular flexibility index (Phi) is 6.13. The summed E-state index contributed by atoms with van der Waals surface area (Å²) in [6, 6.07) is 19.9. The molecular formula is C23H28N2O3S. The fraction of sp³-hybridized carbons (Fsp3) is 0.435.